The molecule has 0 spiro atoms. The van der Waals surface area contributed by atoms with Gasteiger partial charge in [0.1, 0.15) is 0 Å². The van der Waals surface area contributed by atoms with Crippen LogP contribution in [0.15, 0.2) is 12.3 Å². The first-order valence-corrected chi connectivity index (χ1v) is 8.60. The fourth-order valence-electron chi connectivity index (χ4n) is 2.27. The van der Waals surface area contributed by atoms with E-state index in [4.69, 9.17) is 4.74 Å². The zero-order chi connectivity index (χ0) is 15.6. The lowest BCUT2D eigenvalue weighted by molar-refractivity contribution is 0.000434. The Morgan fingerprint density at radius 1 is 1.52 bits per heavy atom. The molecular weight excluding hydrogens is 294 g/mol. The highest BCUT2D eigenvalue weighted by Gasteiger charge is 2.26. The molecule has 1 aliphatic heterocycles. The SMILES string of the molecule is Cc1c(C(=O)NCC2CN(S(C)(=O)=O)CCO2)ccn1C. The monoisotopic (exact) mass is 315 g/mol. The van der Waals surface area contributed by atoms with Crippen molar-refractivity contribution in [3.8, 4) is 0 Å². The number of sulfonamides is 1. The molecule has 0 aliphatic carbocycles. The summed E-state index contributed by atoms with van der Waals surface area (Å²) in [5, 5.41) is 2.80. The first-order valence-electron chi connectivity index (χ1n) is 6.76. The van der Waals surface area contributed by atoms with Gasteiger partial charge in [-0.2, -0.15) is 4.31 Å². The fourth-order valence-corrected chi connectivity index (χ4v) is 3.11. The van der Waals surface area contributed by atoms with E-state index in [0.29, 0.717) is 25.3 Å². The second-order valence-corrected chi connectivity index (χ2v) is 7.23. The highest BCUT2D eigenvalue weighted by atomic mass is 32.2. The number of amides is 1. The Bertz CT molecular complexity index is 623. The van der Waals surface area contributed by atoms with Gasteiger partial charge in [0.2, 0.25) is 10.0 Å². The lowest BCUT2D eigenvalue weighted by Crippen LogP contribution is -2.49. The summed E-state index contributed by atoms with van der Waals surface area (Å²) in [4.78, 5) is 12.1. The minimum atomic E-state index is -3.22. The van der Waals surface area contributed by atoms with E-state index >= 15 is 0 Å². The zero-order valence-electron chi connectivity index (χ0n) is 12.5. The van der Waals surface area contributed by atoms with Gasteiger partial charge in [-0.05, 0) is 13.0 Å². The predicted octanol–water partition coefficient (Wildman–Crippen LogP) is -0.276. The maximum atomic E-state index is 12.1. The Kier molecular flexibility index (Phi) is 4.70. The van der Waals surface area contributed by atoms with Crippen LogP contribution in [0.5, 0.6) is 0 Å². The summed E-state index contributed by atoms with van der Waals surface area (Å²) >= 11 is 0. The van der Waals surface area contributed by atoms with Gasteiger partial charge in [-0.1, -0.05) is 0 Å². The third-order valence-electron chi connectivity index (χ3n) is 3.69. The van der Waals surface area contributed by atoms with Gasteiger partial charge in [0, 0.05) is 38.6 Å². The van der Waals surface area contributed by atoms with E-state index in [1.54, 1.807) is 6.07 Å². The molecule has 8 heteroatoms. The molecule has 0 aromatic carbocycles. The van der Waals surface area contributed by atoms with Crippen molar-refractivity contribution in [3.63, 3.8) is 0 Å². The Morgan fingerprint density at radius 2 is 2.24 bits per heavy atom. The molecule has 21 heavy (non-hydrogen) atoms. The number of rotatable bonds is 4. The average Bonchev–Trinajstić information content (AvgIpc) is 2.76. The smallest absolute Gasteiger partial charge is 0.253 e. The Balaban J connectivity index is 1.91. The molecule has 1 fully saturated rings. The van der Waals surface area contributed by atoms with E-state index in [2.05, 4.69) is 5.32 Å². The summed E-state index contributed by atoms with van der Waals surface area (Å²) in [7, 11) is -1.34. The van der Waals surface area contributed by atoms with Crippen LogP contribution in [0.2, 0.25) is 0 Å². The summed E-state index contributed by atoms with van der Waals surface area (Å²) < 4.78 is 31.8. The summed E-state index contributed by atoms with van der Waals surface area (Å²) in [6.07, 6.45) is 2.69. The zero-order valence-corrected chi connectivity index (χ0v) is 13.3. The number of nitrogens with zero attached hydrogens (tertiary/aromatic N) is 2. The lowest BCUT2D eigenvalue weighted by Gasteiger charge is -2.31. The second kappa shape index (κ2) is 6.17. The molecule has 1 atom stereocenters. The van der Waals surface area contributed by atoms with Crippen LogP contribution in [0.4, 0.5) is 0 Å². The van der Waals surface area contributed by atoms with Crippen molar-refractivity contribution in [2.45, 2.75) is 13.0 Å². The molecule has 7 nitrogen and oxygen atoms in total. The van der Waals surface area contributed by atoms with Gasteiger partial charge in [0.25, 0.3) is 5.91 Å². The molecule has 1 saturated heterocycles. The number of morpholine rings is 1. The Morgan fingerprint density at radius 3 is 2.81 bits per heavy atom. The minimum Gasteiger partial charge on any atom is -0.374 e. The van der Waals surface area contributed by atoms with Gasteiger partial charge in [-0.25, -0.2) is 8.42 Å². The van der Waals surface area contributed by atoms with Crippen molar-refractivity contribution in [1.82, 2.24) is 14.2 Å². The van der Waals surface area contributed by atoms with Crippen molar-refractivity contribution in [2.24, 2.45) is 7.05 Å². The molecule has 2 heterocycles. The third-order valence-corrected chi connectivity index (χ3v) is 4.96. The van der Waals surface area contributed by atoms with Gasteiger partial charge < -0.3 is 14.6 Å². The van der Waals surface area contributed by atoms with Crippen LogP contribution >= 0.6 is 0 Å². The van der Waals surface area contributed by atoms with E-state index in [9.17, 15) is 13.2 Å². The van der Waals surface area contributed by atoms with Crippen LogP contribution < -0.4 is 5.32 Å². The van der Waals surface area contributed by atoms with Gasteiger partial charge >= 0.3 is 0 Å². The maximum absolute atomic E-state index is 12.1. The van der Waals surface area contributed by atoms with E-state index in [1.165, 1.54) is 10.6 Å². The van der Waals surface area contributed by atoms with Crippen molar-refractivity contribution in [1.29, 1.82) is 0 Å². The van der Waals surface area contributed by atoms with E-state index < -0.39 is 10.0 Å². The van der Waals surface area contributed by atoms with Crippen LogP contribution in [0.1, 0.15) is 16.1 Å². The number of aryl methyl sites for hydroxylation is 1. The second-order valence-electron chi connectivity index (χ2n) is 5.25. The molecule has 1 N–H and O–H groups in total. The molecule has 1 aromatic rings. The van der Waals surface area contributed by atoms with Gasteiger partial charge in [0.05, 0.1) is 24.5 Å². The van der Waals surface area contributed by atoms with Gasteiger partial charge in [-0.3, -0.25) is 4.79 Å². The summed E-state index contributed by atoms with van der Waals surface area (Å²) in [5.74, 6) is -0.173. The van der Waals surface area contributed by atoms with Crippen molar-refractivity contribution >= 4 is 15.9 Å². The number of nitrogens with one attached hydrogen (secondary N) is 1. The van der Waals surface area contributed by atoms with E-state index in [-0.39, 0.29) is 18.6 Å². The van der Waals surface area contributed by atoms with Crippen LogP contribution in [0.25, 0.3) is 0 Å². The molecule has 118 valence electrons. The van der Waals surface area contributed by atoms with Gasteiger partial charge in [-0.15, -0.1) is 0 Å². The summed E-state index contributed by atoms with van der Waals surface area (Å²) in [6, 6.07) is 1.76. The number of ether oxygens (including phenoxy) is 1. The number of hydrogen-bond donors (Lipinski definition) is 1. The Labute approximate surface area is 124 Å². The highest BCUT2D eigenvalue weighted by Crippen LogP contribution is 2.10. The van der Waals surface area contributed by atoms with Crippen LogP contribution in [-0.2, 0) is 21.8 Å². The van der Waals surface area contributed by atoms with Crippen LogP contribution in [0.3, 0.4) is 0 Å². The van der Waals surface area contributed by atoms with E-state index in [0.717, 1.165) is 5.69 Å². The van der Waals surface area contributed by atoms with Crippen LogP contribution in [0, 0.1) is 6.92 Å². The minimum absolute atomic E-state index is 0.173. The number of aromatic nitrogens is 1. The highest BCUT2D eigenvalue weighted by molar-refractivity contribution is 7.88. The van der Waals surface area contributed by atoms with Crippen LogP contribution in [-0.4, -0.2) is 61.8 Å². The van der Waals surface area contributed by atoms with Crippen molar-refractivity contribution in [3.05, 3.63) is 23.5 Å². The number of hydrogen-bond acceptors (Lipinski definition) is 4. The standard InChI is InChI=1S/C13H21N3O4S/c1-10-12(4-5-15(10)2)13(17)14-8-11-9-16(6-7-20-11)21(3,18)19/h4-5,11H,6-9H2,1-3H3,(H,14,17). The first kappa shape index (κ1) is 16.0. The predicted molar refractivity (Wildman–Crippen MR) is 78.6 cm³/mol. The maximum Gasteiger partial charge on any atom is 0.253 e. The molecule has 1 amide bonds. The topological polar surface area (TPSA) is 80.6 Å². The number of carbonyl (C=O) groups excluding carboxylic acids is 1. The van der Waals surface area contributed by atoms with E-state index in [1.807, 2.05) is 24.7 Å². The normalized spacial score (nSPS) is 20.4. The molecular formula is C13H21N3O4S. The molecule has 2 rings (SSSR count). The molecule has 0 radical (unpaired) electrons. The van der Waals surface area contributed by atoms with Crippen molar-refractivity contribution in [2.75, 3.05) is 32.5 Å². The quantitative estimate of drug-likeness (QED) is 0.829. The first-order chi connectivity index (χ1) is 9.79. The molecule has 1 unspecified atom stereocenters. The molecule has 0 saturated carbocycles. The number of carbonyl (C=O) groups is 1. The summed E-state index contributed by atoms with van der Waals surface area (Å²) in [5.41, 5.74) is 1.50. The Hall–Kier alpha value is -1.38. The molecule has 1 aliphatic rings. The largest absolute Gasteiger partial charge is 0.374 e. The third kappa shape index (κ3) is 3.84. The van der Waals surface area contributed by atoms with Crippen molar-refractivity contribution < 1.29 is 17.9 Å². The summed E-state index contributed by atoms with van der Waals surface area (Å²) in [6.45, 7) is 3.14. The molecule has 0 bridgehead atoms. The lowest BCUT2D eigenvalue weighted by atomic mass is 10.2. The molecule has 1 aromatic heterocycles. The van der Waals surface area contributed by atoms with Gasteiger partial charge in [0.15, 0.2) is 0 Å². The average molecular weight is 315 g/mol. The fraction of sp³-hybridized carbons (Fsp3) is 0.615.